The molecule has 122 valence electrons. The summed E-state index contributed by atoms with van der Waals surface area (Å²) < 4.78 is 11.9. The van der Waals surface area contributed by atoms with Crippen LogP contribution < -0.4 is 14.8 Å². The van der Waals surface area contributed by atoms with Crippen molar-refractivity contribution in [2.24, 2.45) is 0 Å². The second-order valence-corrected chi connectivity index (χ2v) is 4.83. The molecular weight excluding hydrogens is 310 g/mol. The Hall–Kier alpha value is -3.42. The minimum Gasteiger partial charge on any atom is -0.497 e. The van der Waals surface area contributed by atoms with Crippen LogP contribution in [-0.4, -0.2) is 40.3 Å². The minimum absolute atomic E-state index is 0.248. The van der Waals surface area contributed by atoms with Crippen molar-refractivity contribution >= 4 is 11.6 Å². The fourth-order valence-corrected chi connectivity index (χ4v) is 2.19. The highest BCUT2D eigenvalue weighted by molar-refractivity contribution is 6.04. The molecule has 0 unspecified atom stereocenters. The zero-order valence-electron chi connectivity index (χ0n) is 13.1. The largest absolute Gasteiger partial charge is 0.497 e. The summed E-state index contributed by atoms with van der Waals surface area (Å²) in [6, 6.07) is 12.1. The zero-order valence-corrected chi connectivity index (χ0v) is 13.1. The third-order valence-electron chi connectivity index (χ3n) is 3.36. The molecule has 0 aliphatic heterocycles. The number of hydrogen-bond donors (Lipinski definition) is 1. The first-order valence-electron chi connectivity index (χ1n) is 7.08. The average Bonchev–Trinajstić information content (AvgIpc) is 3.16. The molecule has 0 fully saturated rings. The number of hydrogen-bond acceptors (Lipinski definition) is 6. The molecule has 2 aromatic carbocycles. The van der Waals surface area contributed by atoms with Crippen molar-refractivity contribution in [3.63, 3.8) is 0 Å². The molecule has 0 saturated carbocycles. The molecule has 0 radical (unpaired) electrons. The molecule has 1 N–H and O–H groups in total. The highest BCUT2D eigenvalue weighted by Gasteiger charge is 2.11. The minimum atomic E-state index is -0.248. The van der Waals surface area contributed by atoms with Gasteiger partial charge in [-0.05, 0) is 46.8 Å². The number of rotatable bonds is 5. The predicted octanol–water partition coefficient (Wildman–Crippen LogP) is 1.93. The van der Waals surface area contributed by atoms with E-state index in [4.69, 9.17) is 9.47 Å². The predicted molar refractivity (Wildman–Crippen MR) is 86.7 cm³/mol. The van der Waals surface area contributed by atoms with Crippen LogP contribution in [0.15, 0.2) is 48.8 Å². The Morgan fingerprint density at radius 2 is 2.00 bits per heavy atom. The average molecular weight is 325 g/mol. The smallest absolute Gasteiger partial charge is 0.255 e. The Morgan fingerprint density at radius 3 is 2.71 bits per heavy atom. The molecule has 3 rings (SSSR count). The highest BCUT2D eigenvalue weighted by Crippen LogP contribution is 2.26. The summed E-state index contributed by atoms with van der Waals surface area (Å²) in [5.41, 5.74) is 1.70. The summed E-state index contributed by atoms with van der Waals surface area (Å²) in [6.07, 6.45) is 1.45. The third kappa shape index (κ3) is 3.17. The maximum Gasteiger partial charge on any atom is 0.255 e. The normalized spacial score (nSPS) is 10.2. The molecule has 1 amide bonds. The second-order valence-electron chi connectivity index (χ2n) is 4.83. The van der Waals surface area contributed by atoms with Gasteiger partial charge in [-0.1, -0.05) is 6.07 Å². The van der Waals surface area contributed by atoms with Gasteiger partial charge in [-0.25, -0.2) is 0 Å². The fraction of sp³-hybridized carbons (Fsp3) is 0.125. The van der Waals surface area contributed by atoms with Crippen LogP contribution in [0.4, 0.5) is 5.69 Å². The van der Waals surface area contributed by atoms with Gasteiger partial charge in [0.25, 0.3) is 5.91 Å². The van der Waals surface area contributed by atoms with Crippen LogP contribution in [0.2, 0.25) is 0 Å². The molecule has 0 atom stereocenters. The van der Waals surface area contributed by atoms with Gasteiger partial charge in [-0.15, -0.1) is 5.10 Å². The Bertz CT molecular complexity index is 849. The van der Waals surface area contributed by atoms with E-state index in [1.165, 1.54) is 11.0 Å². The number of ether oxygens (including phenoxy) is 2. The second kappa shape index (κ2) is 6.78. The van der Waals surface area contributed by atoms with Crippen LogP contribution in [-0.2, 0) is 0 Å². The van der Waals surface area contributed by atoms with E-state index in [9.17, 15) is 4.79 Å². The molecule has 8 heteroatoms. The molecule has 0 saturated heterocycles. The number of carbonyl (C=O) groups is 1. The standard InChI is InChI=1S/C16H15N5O3/c1-23-13-5-3-4-11(8-13)16(22)18-12-6-7-15(24-2)14(9-12)21-10-17-19-20-21/h3-10H,1-2H3,(H,18,22). The van der Waals surface area contributed by atoms with Crippen LogP contribution in [0.5, 0.6) is 11.5 Å². The van der Waals surface area contributed by atoms with Gasteiger partial charge in [-0.2, -0.15) is 4.68 Å². The molecule has 0 aliphatic rings. The molecule has 1 aromatic heterocycles. The molecular formula is C16H15N5O3. The summed E-state index contributed by atoms with van der Waals surface area (Å²) >= 11 is 0. The summed E-state index contributed by atoms with van der Waals surface area (Å²) in [5, 5.41) is 13.9. The Morgan fingerprint density at radius 1 is 1.12 bits per heavy atom. The number of tetrazole rings is 1. The van der Waals surface area contributed by atoms with E-state index >= 15 is 0 Å². The number of benzene rings is 2. The van der Waals surface area contributed by atoms with Crippen LogP contribution in [0, 0.1) is 0 Å². The third-order valence-corrected chi connectivity index (χ3v) is 3.36. The maximum absolute atomic E-state index is 12.4. The van der Waals surface area contributed by atoms with E-state index in [0.29, 0.717) is 28.4 Å². The lowest BCUT2D eigenvalue weighted by molar-refractivity contribution is 0.102. The first kappa shape index (κ1) is 15.5. The Kier molecular flexibility index (Phi) is 4.37. The van der Waals surface area contributed by atoms with Crippen LogP contribution in [0.3, 0.4) is 0 Å². The number of aromatic nitrogens is 4. The Balaban J connectivity index is 1.87. The van der Waals surface area contributed by atoms with Crippen molar-refractivity contribution in [3.05, 3.63) is 54.4 Å². The van der Waals surface area contributed by atoms with Crippen molar-refractivity contribution in [3.8, 4) is 17.2 Å². The van der Waals surface area contributed by atoms with Crippen molar-refractivity contribution in [1.29, 1.82) is 0 Å². The first-order chi connectivity index (χ1) is 11.7. The number of anilines is 1. The van der Waals surface area contributed by atoms with Crippen molar-refractivity contribution < 1.29 is 14.3 Å². The monoisotopic (exact) mass is 325 g/mol. The van der Waals surface area contributed by atoms with Crippen molar-refractivity contribution in [1.82, 2.24) is 20.2 Å². The van der Waals surface area contributed by atoms with Crippen LogP contribution >= 0.6 is 0 Å². The number of nitrogens with one attached hydrogen (secondary N) is 1. The van der Waals surface area contributed by atoms with E-state index in [1.807, 2.05) is 0 Å². The lowest BCUT2D eigenvalue weighted by atomic mass is 10.2. The van der Waals surface area contributed by atoms with E-state index in [-0.39, 0.29) is 5.91 Å². The van der Waals surface area contributed by atoms with Gasteiger partial charge in [0, 0.05) is 11.3 Å². The van der Waals surface area contributed by atoms with E-state index in [1.54, 1.807) is 56.7 Å². The topological polar surface area (TPSA) is 91.2 Å². The molecule has 0 spiro atoms. The van der Waals surface area contributed by atoms with Crippen molar-refractivity contribution in [2.45, 2.75) is 0 Å². The number of amides is 1. The van der Waals surface area contributed by atoms with Gasteiger partial charge < -0.3 is 14.8 Å². The van der Waals surface area contributed by atoms with Crippen molar-refractivity contribution in [2.75, 3.05) is 19.5 Å². The molecule has 3 aromatic rings. The Labute approximate surface area is 138 Å². The van der Waals surface area contributed by atoms with Gasteiger partial charge in [0.15, 0.2) is 0 Å². The maximum atomic E-state index is 12.4. The number of methoxy groups -OCH3 is 2. The van der Waals surface area contributed by atoms with E-state index in [0.717, 1.165) is 0 Å². The summed E-state index contributed by atoms with van der Waals surface area (Å²) in [6.45, 7) is 0. The molecule has 0 aliphatic carbocycles. The summed E-state index contributed by atoms with van der Waals surface area (Å²) in [5.74, 6) is 0.954. The lowest BCUT2D eigenvalue weighted by Crippen LogP contribution is -2.12. The van der Waals surface area contributed by atoms with Gasteiger partial charge in [0.05, 0.1) is 14.2 Å². The molecule has 24 heavy (non-hydrogen) atoms. The van der Waals surface area contributed by atoms with Gasteiger partial charge in [-0.3, -0.25) is 4.79 Å². The van der Waals surface area contributed by atoms with E-state index < -0.39 is 0 Å². The summed E-state index contributed by atoms with van der Waals surface area (Å²) in [4.78, 5) is 12.4. The van der Waals surface area contributed by atoms with Gasteiger partial charge >= 0.3 is 0 Å². The fourth-order valence-electron chi connectivity index (χ4n) is 2.19. The highest BCUT2D eigenvalue weighted by atomic mass is 16.5. The number of carbonyl (C=O) groups excluding carboxylic acids is 1. The lowest BCUT2D eigenvalue weighted by Gasteiger charge is -2.11. The van der Waals surface area contributed by atoms with Crippen LogP contribution in [0.1, 0.15) is 10.4 Å². The zero-order chi connectivity index (χ0) is 16.9. The summed E-state index contributed by atoms with van der Waals surface area (Å²) in [7, 11) is 3.11. The van der Waals surface area contributed by atoms with Gasteiger partial charge in [0.2, 0.25) is 0 Å². The quantitative estimate of drug-likeness (QED) is 0.771. The van der Waals surface area contributed by atoms with E-state index in [2.05, 4.69) is 20.8 Å². The molecule has 8 nitrogen and oxygen atoms in total. The number of nitrogens with zero attached hydrogens (tertiary/aromatic N) is 4. The van der Waals surface area contributed by atoms with Gasteiger partial charge in [0.1, 0.15) is 23.5 Å². The molecule has 0 bridgehead atoms. The molecule has 1 heterocycles. The van der Waals surface area contributed by atoms with Crippen LogP contribution in [0.25, 0.3) is 5.69 Å². The first-order valence-corrected chi connectivity index (χ1v) is 7.08. The SMILES string of the molecule is COc1cccc(C(=O)Nc2ccc(OC)c(-n3cnnn3)c2)c1.